The van der Waals surface area contributed by atoms with Crippen molar-refractivity contribution in [2.45, 2.75) is 81.4 Å². The highest BCUT2D eigenvalue weighted by atomic mass is 19.4. The Kier molecular flexibility index (Phi) is 8.16. The summed E-state index contributed by atoms with van der Waals surface area (Å²) in [7, 11) is 0. The van der Waals surface area contributed by atoms with Gasteiger partial charge in [-0.25, -0.2) is 15.0 Å². The first-order chi connectivity index (χ1) is 22.2. The molecule has 3 aliphatic rings. The average molecular weight is 636 g/mol. The van der Waals surface area contributed by atoms with Crippen LogP contribution in [0.5, 0.6) is 5.88 Å². The number of halogens is 3. The van der Waals surface area contributed by atoms with Crippen molar-refractivity contribution in [3.63, 3.8) is 0 Å². The molecular weight excluding hydrogens is 599 g/mol. The summed E-state index contributed by atoms with van der Waals surface area (Å²) in [6, 6.07) is 7.22. The van der Waals surface area contributed by atoms with E-state index >= 15 is 0 Å². The highest BCUT2D eigenvalue weighted by molar-refractivity contribution is 5.90. The van der Waals surface area contributed by atoms with Gasteiger partial charge in [0.05, 0.1) is 36.5 Å². The highest BCUT2D eigenvalue weighted by Gasteiger charge is 2.49. The molecular formula is C32H36F3N9O2. The molecule has 0 amide bonds. The van der Waals surface area contributed by atoms with E-state index in [9.17, 15) is 23.5 Å². The second-order valence-corrected chi connectivity index (χ2v) is 12.8. The van der Waals surface area contributed by atoms with Gasteiger partial charge in [-0.05, 0) is 62.8 Å². The Morgan fingerprint density at radius 1 is 1.13 bits per heavy atom. The molecule has 2 aliphatic heterocycles. The molecule has 0 unspecified atom stereocenters. The first kappa shape index (κ1) is 30.6. The summed E-state index contributed by atoms with van der Waals surface area (Å²) in [6.07, 6.45) is 7.24. The summed E-state index contributed by atoms with van der Waals surface area (Å²) >= 11 is 0. The number of rotatable bonds is 9. The van der Waals surface area contributed by atoms with Crippen molar-refractivity contribution in [3.05, 3.63) is 54.4 Å². The van der Waals surface area contributed by atoms with Crippen molar-refractivity contribution >= 4 is 11.0 Å². The number of pyridine rings is 1. The Labute approximate surface area is 264 Å². The largest absolute Gasteiger partial charge is 0.474 e. The van der Waals surface area contributed by atoms with E-state index in [1.807, 2.05) is 28.0 Å². The van der Waals surface area contributed by atoms with Crippen LogP contribution in [0, 0.1) is 11.3 Å². The number of hydrogen-bond donors (Lipinski definition) is 2. The number of fused-ring (bicyclic) bond motifs is 1. The molecule has 2 saturated heterocycles. The molecule has 6 heterocycles. The maximum Gasteiger partial charge on any atom is 0.433 e. The SMILES string of the molecule is N#CC[C@]1(n2cc(-c3ncnc4[nH]ccc34)cn2)C[C@@H](N2CCC(Oc3cc(CN4CCC[C@@H]4CO)cc(C(F)(F)F)n3)CC2)C1. The molecule has 1 atom stereocenters. The third-order valence-electron chi connectivity index (χ3n) is 9.86. The summed E-state index contributed by atoms with van der Waals surface area (Å²) in [4.78, 5) is 20.1. The molecule has 0 aromatic carbocycles. The lowest BCUT2D eigenvalue weighted by molar-refractivity contribution is -0.141. The van der Waals surface area contributed by atoms with Crippen LogP contribution in [0.2, 0.25) is 0 Å². The van der Waals surface area contributed by atoms with Crippen LogP contribution in [0.25, 0.3) is 22.3 Å². The van der Waals surface area contributed by atoms with Crippen LogP contribution in [-0.4, -0.2) is 89.1 Å². The van der Waals surface area contributed by atoms with Gasteiger partial charge >= 0.3 is 6.18 Å². The number of H-pyrrole nitrogens is 1. The molecule has 1 aliphatic carbocycles. The van der Waals surface area contributed by atoms with Gasteiger partial charge in [-0.2, -0.15) is 23.5 Å². The van der Waals surface area contributed by atoms with E-state index in [4.69, 9.17) is 4.74 Å². The van der Waals surface area contributed by atoms with Gasteiger partial charge in [-0.1, -0.05) is 0 Å². The number of aromatic nitrogens is 6. The maximum atomic E-state index is 13.7. The van der Waals surface area contributed by atoms with Crippen molar-refractivity contribution in [1.29, 1.82) is 5.26 Å². The van der Waals surface area contributed by atoms with Gasteiger partial charge in [0.2, 0.25) is 5.88 Å². The van der Waals surface area contributed by atoms with Crippen LogP contribution in [0.1, 0.15) is 56.2 Å². The molecule has 4 aromatic rings. The smallest absolute Gasteiger partial charge is 0.433 e. The quantitative estimate of drug-likeness (QED) is 0.273. The molecule has 3 fully saturated rings. The Bertz CT molecular complexity index is 1720. The standard InChI is InChI=1S/C32H36F3N9O2/c33-32(34,35)27-12-21(17-43-9-1-2-23(43)19-45)13-28(41-27)46-25-4-10-42(11-5-25)24-14-31(15-24,6-7-36)44-18-22(16-40-44)29-26-3-8-37-30(26)39-20-38-29/h3,8,12-13,16,18,20,23-25,45H,1-2,4-6,9-11,14-15,17,19H2,(H,37,38,39)/t23-,24-,31+/m1/s1. The summed E-state index contributed by atoms with van der Waals surface area (Å²) in [5.74, 6) is -0.00482. The molecule has 0 radical (unpaired) electrons. The summed E-state index contributed by atoms with van der Waals surface area (Å²) in [5, 5.41) is 24.9. The van der Waals surface area contributed by atoms with Gasteiger partial charge in [-0.3, -0.25) is 14.5 Å². The number of piperidine rings is 1. The number of nitrogens with one attached hydrogen (secondary N) is 1. The minimum atomic E-state index is -4.59. The molecule has 242 valence electrons. The van der Waals surface area contributed by atoms with E-state index in [1.54, 1.807) is 12.3 Å². The predicted molar refractivity (Wildman–Crippen MR) is 161 cm³/mol. The van der Waals surface area contributed by atoms with E-state index in [2.05, 4.69) is 36.0 Å². The summed E-state index contributed by atoms with van der Waals surface area (Å²) < 4.78 is 49.2. The van der Waals surface area contributed by atoms with Gasteiger partial charge in [-0.15, -0.1) is 0 Å². The second kappa shape index (κ2) is 12.3. The predicted octanol–water partition coefficient (Wildman–Crippen LogP) is 4.51. The number of aliphatic hydroxyl groups is 1. The number of likely N-dealkylation sites (tertiary alicyclic amines) is 2. The maximum absolute atomic E-state index is 13.7. The zero-order valence-electron chi connectivity index (χ0n) is 25.3. The topological polar surface area (TPSA) is 132 Å². The van der Waals surface area contributed by atoms with E-state index in [0.717, 1.165) is 73.7 Å². The molecule has 1 saturated carbocycles. The van der Waals surface area contributed by atoms with E-state index < -0.39 is 17.4 Å². The van der Waals surface area contributed by atoms with Crippen molar-refractivity contribution in [3.8, 4) is 23.2 Å². The zero-order chi connectivity index (χ0) is 31.9. The average Bonchev–Trinajstić information content (AvgIpc) is 3.80. The summed E-state index contributed by atoms with van der Waals surface area (Å²) in [6.45, 7) is 2.52. The molecule has 11 nitrogen and oxygen atoms in total. The van der Waals surface area contributed by atoms with E-state index in [1.165, 1.54) is 6.33 Å². The lowest BCUT2D eigenvalue weighted by atomic mass is 9.69. The van der Waals surface area contributed by atoms with Gasteiger partial charge in [0.1, 0.15) is 23.8 Å². The molecule has 4 aromatic heterocycles. The van der Waals surface area contributed by atoms with Crippen LogP contribution in [0.4, 0.5) is 13.2 Å². The first-order valence-electron chi connectivity index (χ1n) is 15.8. The molecule has 2 N–H and O–H groups in total. The van der Waals surface area contributed by atoms with Crippen molar-refractivity contribution in [2.24, 2.45) is 0 Å². The van der Waals surface area contributed by atoms with Crippen molar-refractivity contribution in [2.75, 3.05) is 26.2 Å². The van der Waals surface area contributed by atoms with Gasteiger partial charge < -0.3 is 14.8 Å². The fraction of sp³-hybridized carbons (Fsp3) is 0.531. The van der Waals surface area contributed by atoms with E-state index in [-0.39, 0.29) is 30.7 Å². The number of nitriles is 1. The Balaban J connectivity index is 0.984. The van der Waals surface area contributed by atoms with Crippen molar-refractivity contribution < 1.29 is 23.0 Å². The van der Waals surface area contributed by atoms with Crippen molar-refractivity contribution in [1.82, 2.24) is 39.5 Å². The number of aromatic amines is 1. The Morgan fingerprint density at radius 2 is 1.96 bits per heavy atom. The second-order valence-electron chi connectivity index (χ2n) is 12.8. The monoisotopic (exact) mass is 635 g/mol. The lowest BCUT2D eigenvalue weighted by Crippen LogP contribution is -2.58. The van der Waals surface area contributed by atoms with Crippen LogP contribution >= 0.6 is 0 Å². The Morgan fingerprint density at radius 3 is 2.72 bits per heavy atom. The Hall–Kier alpha value is -4.06. The van der Waals surface area contributed by atoms with Crippen LogP contribution in [0.15, 0.2) is 43.1 Å². The molecule has 7 rings (SSSR count). The fourth-order valence-corrected chi connectivity index (χ4v) is 7.37. The van der Waals surface area contributed by atoms with Crippen LogP contribution in [-0.2, 0) is 18.3 Å². The molecule has 0 bridgehead atoms. The third kappa shape index (κ3) is 5.94. The zero-order valence-corrected chi connectivity index (χ0v) is 25.3. The lowest BCUT2D eigenvalue weighted by Gasteiger charge is -2.52. The number of ether oxygens (including phenoxy) is 1. The minimum absolute atomic E-state index is 0.00482. The van der Waals surface area contributed by atoms with Gasteiger partial charge in [0.25, 0.3) is 0 Å². The van der Waals surface area contributed by atoms with Gasteiger partial charge in [0, 0.05) is 61.1 Å². The fourth-order valence-electron chi connectivity index (χ4n) is 7.37. The third-order valence-corrected chi connectivity index (χ3v) is 9.86. The molecule has 0 spiro atoms. The van der Waals surface area contributed by atoms with Gasteiger partial charge in [0.15, 0.2) is 0 Å². The van der Waals surface area contributed by atoms with Crippen LogP contribution < -0.4 is 4.74 Å². The highest BCUT2D eigenvalue weighted by Crippen LogP contribution is 2.46. The number of hydrogen-bond acceptors (Lipinski definition) is 9. The van der Waals surface area contributed by atoms with Crippen LogP contribution in [0.3, 0.4) is 0 Å². The first-order valence-corrected chi connectivity index (χ1v) is 15.8. The number of alkyl halides is 3. The minimum Gasteiger partial charge on any atom is -0.474 e. The normalized spacial score (nSPS) is 24.7. The molecule has 46 heavy (non-hydrogen) atoms. The number of nitrogens with zero attached hydrogens (tertiary/aromatic N) is 8. The summed E-state index contributed by atoms with van der Waals surface area (Å²) in [5.41, 5.74) is 1.53. The molecule has 14 heteroatoms. The number of aliphatic hydroxyl groups excluding tert-OH is 1. The van der Waals surface area contributed by atoms with E-state index in [0.29, 0.717) is 31.4 Å².